The Morgan fingerprint density at radius 3 is 2.17 bits per heavy atom. The lowest BCUT2D eigenvalue weighted by molar-refractivity contribution is 1.41. The molecule has 0 heterocycles. The smallest absolute Gasteiger partial charge is 0.0112 e. The topological polar surface area (TPSA) is 0 Å². The molecule has 0 unspecified atom stereocenters. The van der Waals surface area contributed by atoms with Crippen molar-refractivity contribution in [3.8, 4) is 6.00 Å². The summed E-state index contributed by atoms with van der Waals surface area (Å²) in [6.45, 7) is 4.08. The van der Waals surface area contributed by atoms with Crippen molar-refractivity contribution in [1.82, 2.24) is 0 Å². The van der Waals surface area contributed by atoms with Crippen LogP contribution in [0.1, 0.15) is 13.8 Å². The second-order valence-electron chi connectivity index (χ2n) is 1.39. The monoisotopic (exact) mass is 96.0 g/mol. The molecule has 0 rings (SSSR count). The van der Waals surface area contributed by atoms with Gasteiger partial charge in [-0.3, -0.25) is 0 Å². The van der Waals surface area contributed by atoms with Gasteiger partial charge in [0.05, 0.1) is 0 Å². The van der Waals surface area contributed by atoms with Crippen LogP contribution in [-0.4, -0.2) is 8.96 Å². The fourth-order valence-corrected chi connectivity index (χ4v) is 0.500. The lowest BCUT2D eigenvalue weighted by atomic mass is 10.4. The Hall–Kier alpha value is -0.263. The molecule has 6 heavy (non-hydrogen) atoms. The number of hydrogen-bond donors (Lipinski definition) is 0. The van der Waals surface area contributed by atoms with E-state index in [0.717, 1.165) is 0 Å². The molecule has 0 spiro atoms. The van der Waals surface area contributed by atoms with E-state index in [0.29, 0.717) is 8.96 Å². The van der Waals surface area contributed by atoms with Crippen LogP contribution in [0.3, 0.4) is 0 Å². The van der Waals surface area contributed by atoms with Crippen LogP contribution in [0.5, 0.6) is 0 Å². The third kappa shape index (κ3) is 3.74. The SMILES string of the molecule is C#[Si]C=C(C)C. The fourth-order valence-electron chi connectivity index (χ4n) is 0.167. The van der Waals surface area contributed by atoms with E-state index in [9.17, 15) is 0 Å². The van der Waals surface area contributed by atoms with Crippen molar-refractivity contribution in [2.24, 2.45) is 0 Å². The van der Waals surface area contributed by atoms with Crippen molar-refractivity contribution in [3.05, 3.63) is 11.3 Å². The summed E-state index contributed by atoms with van der Waals surface area (Å²) in [7, 11) is 0.476. The van der Waals surface area contributed by atoms with Gasteiger partial charge < -0.3 is 0 Å². The first-order valence-electron chi connectivity index (χ1n) is 1.87. The number of hydrogen-bond acceptors (Lipinski definition) is 0. The summed E-state index contributed by atoms with van der Waals surface area (Å²) in [5, 5.41) is 0. The van der Waals surface area contributed by atoms with Gasteiger partial charge >= 0.3 is 0 Å². The summed E-state index contributed by atoms with van der Waals surface area (Å²) in [6, 6.07) is 5.18. The third-order valence-corrected chi connectivity index (χ3v) is 1.12. The molecule has 0 aromatic carbocycles. The van der Waals surface area contributed by atoms with Crippen LogP contribution in [0.15, 0.2) is 11.3 Å². The first-order chi connectivity index (χ1) is 2.77. The second kappa shape index (κ2) is 2.95. The lowest BCUT2D eigenvalue weighted by Gasteiger charge is -1.73. The Balaban J connectivity index is 3.51. The van der Waals surface area contributed by atoms with E-state index in [4.69, 9.17) is 6.00 Å². The molecule has 0 radical (unpaired) electrons. The molecule has 0 fully saturated rings. The first-order valence-corrected chi connectivity index (χ1v) is 3.02. The molecule has 0 bridgehead atoms. The third-order valence-electron chi connectivity index (χ3n) is 0.372. The van der Waals surface area contributed by atoms with E-state index in [1.165, 1.54) is 5.57 Å². The average Bonchev–Trinajstić information content (AvgIpc) is 1.35. The van der Waals surface area contributed by atoms with E-state index in [2.05, 4.69) is 0 Å². The Morgan fingerprint density at radius 1 is 1.67 bits per heavy atom. The van der Waals surface area contributed by atoms with Crippen LogP contribution in [0, 0.1) is 6.00 Å². The fraction of sp³-hybridized carbons (Fsp3) is 0.400. The molecule has 0 aliphatic carbocycles. The summed E-state index contributed by atoms with van der Waals surface area (Å²) >= 11 is 0. The molecule has 0 aromatic rings. The van der Waals surface area contributed by atoms with Crippen LogP contribution < -0.4 is 0 Å². The Morgan fingerprint density at radius 2 is 2.17 bits per heavy atom. The zero-order chi connectivity index (χ0) is 4.99. The standard InChI is InChI=1S/C5H8Si/c1-5(2)4-6-3/h3-4H,1-2H3. The summed E-state index contributed by atoms with van der Waals surface area (Å²) in [6.07, 6.45) is 0. The molecule has 0 nitrogen and oxygen atoms in total. The van der Waals surface area contributed by atoms with E-state index in [-0.39, 0.29) is 0 Å². The van der Waals surface area contributed by atoms with Crippen molar-refractivity contribution in [2.75, 3.05) is 0 Å². The van der Waals surface area contributed by atoms with E-state index >= 15 is 0 Å². The van der Waals surface area contributed by atoms with Gasteiger partial charge in [-0.2, -0.15) is 6.00 Å². The van der Waals surface area contributed by atoms with Gasteiger partial charge in [-0.1, -0.05) is 5.57 Å². The van der Waals surface area contributed by atoms with Gasteiger partial charge in [0.25, 0.3) is 0 Å². The van der Waals surface area contributed by atoms with Gasteiger partial charge in [-0.15, -0.1) is 0 Å². The lowest BCUT2D eigenvalue weighted by Crippen LogP contribution is -1.61. The van der Waals surface area contributed by atoms with Crippen LogP contribution in [0.25, 0.3) is 0 Å². The van der Waals surface area contributed by atoms with Crippen molar-refractivity contribution < 1.29 is 0 Å². The normalized spacial score (nSPS) is 6.17. The summed E-state index contributed by atoms with van der Waals surface area (Å²) in [4.78, 5) is 0. The van der Waals surface area contributed by atoms with Gasteiger partial charge in [0.2, 0.25) is 0 Å². The maximum absolute atomic E-state index is 5.18. The molecule has 0 saturated carbocycles. The van der Waals surface area contributed by atoms with Gasteiger partial charge in [-0.05, 0) is 19.5 Å². The van der Waals surface area contributed by atoms with Crippen LogP contribution >= 0.6 is 0 Å². The number of allylic oxidation sites excluding steroid dienone is 1. The predicted octanol–water partition coefficient (Wildman–Crippen LogP) is 1.20. The number of rotatable bonds is 0. The molecule has 0 aliphatic rings. The zero-order valence-corrected chi connectivity index (χ0v) is 5.15. The predicted molar refractivity (Wildman–Crippen MR) is 30.1 cm³/mol. The largest absolute Gasteiger partial charge is 0.154 e. The minimum absolute atomic E-state index is 0.476. The van der Waals surface area contributed by atoms with Crippen molar-refractivity contribution in [3.63, 3.8) is 0 Å². The maximum Gasteiger partial charge on any atom is 0.0112 e. The molecule has 0 N–H and O–H groups in total. The van der Waals surface area contributed by atoms with E-state index in [1.54, 1.807) is 0 Å². The van der Waals surface area contributed by atoms with Gasteiger partial charge in [0.15, 0.2) is 0 Å². The summed E-state index contributed by atoms with van der Waals surface area (Å²) in [5.74, 6) is 0. The highest BCUT2D eigenvalue weighted by Crippen LogP contribution is 1.80. The molecule has 1 heteroatoms. The highest BCUT2D eigenvalue weighted by molar-refractivity contribution is 6.29. The molecular formula is C5H8Si. The van der Waals surface area contributed by atoms with Crippen molar-refractivity contribution >= 4 is 8.96 Å². The second-order valence-corrected chi connectivity index (χ2v) is 2.01. The van der Waals surface area contributed by atoms with Gasteiger partial charge in [0, 0.05) is 8.96 Å². The molecule has 0 aliphatic heterocycles. The van der Waals surface area contributed by atoms with Crippen LogP contribution in [0.4, 0.5) is 0 Å². The van der Waals surface area contributed by atoms with Crippen LogP contribution in [-0.2, 0) is 0 Å². The maximum atomic E-state index is 5.18. The van der Waals surface area contributed by atoms with E-state index in [1.807, 2.05) is 19.5 Å². The molecule has 0 saturated heterocycles. The van der Waals surface area contributed by atoms with Crippen molar-refractivity contribution in [2.45, 2.75) is 13.8 Å². The highest BCUT2D eigenvalue weighted by atomic mass is 28.2. The minimum atomic E-state index is 0.476. The average molecular weight is 96.2 g/mol. The highest BCUT2D eigenvalue weighted by Gasteiger charge is 1.63. The Labute approximate surface area is 41.0 Å². The molecule has 0 amide bonds. The Bertz CT molecular complexity index is 91.0. The van der Waals surface area contributed by atoms with Gasteiger partial charge in [0.1, 0.15) is 0 Å². The molecule has 0 aromatic heterocycles. The Kier molecular flexibility index (Phi) is 2.82. The van der Waals surface area contributed by atoms with Crippen LogP contribution in [0.2, 0.25) is 0 Å². The van der Waals surface area contributed by atoms with E-state index < -0.39 is 0 Å². The van der Waals surface area contributed by atoms with Gasteiger partial charge in [-0.25, -0.2) is 0 Å². The molecular weight excluding hydrogens is 88.1 g/mol. The zero-order valence-electron chi connectivity index (χ0n) is 4.15. The minimum Gasteiger partial charge on any atom is -0.154 e. The summed E-state index contributed by atoms with van der Waals surface area (Å²) < 4.78 is 0. The summed E-state index contributed by atoms with van der Waals surface area (Å²) in [5.41, 5.74) is 3.32. The molecule has 32 valence electrons. The quantitative estimate of drug-likeness (QED) is 0.397. The van der Waals surface area contributed by atoms with Crippen molar-refractivity contribution in [1.29, 1.82) is 0 Å². The first kappa shape index (κ1) is 5.74. The molecule has 0 atom stereocenters.